The molecule has 3 aromatic rings. The minimum absolute atomic E-state index is 0.291. The summed E-state index contributed by atoms with van der Waals surface area (Å²) in [6, 6.07) is 10.1. The molecule has 2 aromatic heterocycles. The fourth-order valence-electron chi connectivity index (χ4n) is 3.48. The third kappa shape index (κ3) is 5.85. The molecule has 7 nitrogen and oxygen atoms in total. The predicted octanol–water partition coefficient (Wildman–Crippen LogP) is 4.09. The van der Waals surface area contributed by atoms with Gasteiger partial charge in [-0.25, -0.2) is 4.98 Å². The van der Waals surface area contributed by atoms with Crippen LogP contribution in [0.2, 0.25) is 0 Å². The maximum atomic E-state index is 12.7. The molecule has 3 heterocycles. The van der Waals surface area contributed by atoms with E-state index in [2.05, 4.69) is 32.3 Å². The van der Waals surface area contributed by atoms with Crippen LogP contribution in [-0.2, 0) is 19.1 Å². The molecular weight excluding hydrogens is 453 g/mol. The second kappa shape index (κ2) is 9.84. The molecular formula is C22H23F3N6OS. The zero-order valence-electron chi connectivity index (χ0n) is 18.0. The first-order valence-electron chi connectivity index (χ1n) is 10.5. The van der Waals surface area contributed by atoms with Gasteiger partial charge in [0.15, 0.2) is 0 Å². The monoisotopic (exact) mass is 476 g/mol. The molecule has 33 heavy (non-hydrogen) atoms. The number of alkyl halides is 3. The SMILES string of the molecule is CCc1ccc(NC(=O)c2nnc(CN3CCN(c4ccc(C(F)(F)F)cn4)CC3)s2)cc1. The summed E-state index contributed by atoms with van der Waals surface area (Å²) in [6.07, 6.45) is -2.59. The van der Waals surface area contributed by atoms with Crippen molar-refractivity contribution in [3.63, 3.8) is 0 Å². The molecule has 0 saturated carbocycles. The first-order chi connectivity index (χ1) is 15.8. The highest BCUT2D eigenvalue weighted by atomic mass is 32.1. The summed E-state index contributed by atoms with van der Waals surface area (Å²) >= 11 is 1.25. The number of benzene rings is 1. The summed E-state index contributed by atoms with van der Waals surface area (Å²) < 4.78 is 38.1. The molecule has 0 spiro atoms. The lowest BCUT2D eigenvalue weighted by atomic mass is 10.1. The molecule has 0 atom stereocenters. The molecule has 11 heteroatoms. The number of rotatable bonds is 6. The Labute approximate surface area is 193 Å². The highest BCUT2D eigenvalue weighted by Crippen LogP contribution is 2.29. The molecule has 0 unspecified atom stereocenters. The van der Waals surface area contributed by atoms with Gasteiger partial charge in [-0.2, -0.15) is 13.2 Å². The van der Waals surface area contributed by atoms with Gasteiger partial charge in [0.05, 0.1) is 12.1 Å². The molecule has 1 amide bonds. The van der Waals surface area contributed by atoms with Crippen molar-refractivity contribution in [3.05, 3.63) is 63.7 Å². The summed E-state index contributed by atoms with van der Waals surface area (Å²) in [5.41, 5.74) is 1.15. The normalized spacial score (nSPS) is 15.0. The van der Waals surface area contributed by atoms with Crippen molar-refractivity contribution in [2.24, 2.45) is 0 Å². The molecule has 0 aliphatic carbocycles. The van der Waals surface area contributed by atoms with Crippen LogP contribution in [0.3, 0.4) is 0 Å². The molecule has 4 rings (SSSR count). The van der Waals surface area contributed by atoms with Crippen LogP contribution in [0.4, 0.5) is 24.7 Å². The number of anilines is 2. The summed E-state index contributed by atoms with van der Waals surface area (Å²) in [6.45, 7) is 5.31. The molecule has 1 fully saturated rings. The van der Waals surface area contributed by atoms with E-state index in [0.717, 1.165) is 23.7 Å². The van der Waals surface area contributed by atoms with Crippen LogP contribution in [0.1, 0.15) is 32.9 Å². The Kier molecular flexibility index (Phi) is 6.89. The second-order valence-corrected chi connectivity index (χ2v) is 8.73. The van der Waals surface area contributed by atoms with Crippen LogP contribution < -0.4 is 10.2 Å². The van der Waals surface area contributed by atoms with Crippen LogP contribution in [0, 0.1) is 0 Å². The van der Waals surface area contributed by atoms with Gasteiger partial charge in [0, 0.05) is 38.1 Å². The fraction of sp³-hybridized carbons (Fsp3) is 0.364. The number of piperazine rings is 1. The third-order valence-corrected chi connectivity index (χ3v) is 6.32. The van der Waals surface area contributed by atoms with E-state index in [0.29, 0.717) is 49.2 Å². The van der Waals surface area contributed by atoms with Gasteiger partial charge in [-0.1, -0.05) is 30.4 Å². The molecule has 1 aliphatic heterocycles. The maximum absolute atomic E-state index is 12.7. The van der Waals surface area contributed by atoms with Crippen molar-refractivity contribution in [2.75, 3.05) is 36.4 Å². The number of pyridine rings is 1. The van der Waals surface area contributed by atoms with Gasteiger partial charge in [0.25, 0.3) is 5.91 Å². The van der Waals surface area contributed by atoms with Gasteiger partial charge < -0.3 is 10.2 Å². The summed E-state index contributed by atoms with van der Waals surface area (Å²) in [7, 11) is 0. The molecule has 174 valence electrons. The van der Waals surface area contributed by atoms with Gasteiger partial charge >= 0.3 is 6.18 Å². The number of halogens is 3. The van der Waals surface area contributed by atoms with E-state index in [1.165, 1.54) is 23.0 Å². The van der Waals surface area contributed by atoms with E-state index in [4.69, 9.17) is 0 Å². The van der Waals surface area contributed by atoms with Crippen molar-refractivity contribution >= 4 is 28.7 Å². The zero-order chi connectivity index (χ0) is 23.4. The lowest BCUT2D eigenvalue weighted by Gasteiger charge is -2.34. The summed E-state index contributed by atoms with van der Waals surface area (Å²) in [5, 5.41) is 12.0. The quantitative estimate of drug-likeness (QED) is 0.578. The Balaban J connectivity index is 1.28. The van der Waals surface area contributed by atoms with Gasteiger partial charge in [-0.3, -0.25) is 9.69 Å². The van der Waals surface area contributed by atoms with Crippen LogP contribution in [0.5, 0.6) is 0 Å². The topological polar surface area (TPSA) is 74.2 Å². The Hall–Kier alpha value is -3.05. The summed E-state index contributed by atoms with van der Waals surface area (Å²) in [5.74, 6) is 0.241. The number of aryl methyl sites for hydroxylation is 1. The number of nitrogens with zero attached hydrogens (tertiary/aromatic N) is 5. The molecule has 0 bridgehead atoms. The van der Waals surface area contributed by atoms with Crippen LogP contribution in [0.25, 0.3) is 0 Å². The summed E-state index contributed by atoms with van der Waals surface area (Å²) in [4.78, 5) is 20.6. The van der Waals surface area contributed by atoms with Gasteiger partial charge in [0.2, 0.25) is 5.01 Å². The van der Waals surface area contributed by atoms with Crippen LogP contribution in [0.15, 0.2) is 42.6 Å². The van der Waals surface area contributed by atoms with E-state index in [9.17, 15) is 18.0 Å². The van der Waals surface area contributed by atoms with Gasteiger partial charge in [0.1, 0.15) is 10.8 Å². The first kappa shape index (κ1) is 23.1. The van der Waals surface area contributed by atoms with E-state index in [-0.39, 0.29) is 5.91 Å². The zero-order valence-corrected chi connectivity index (χ0v) is 18.8. The Morgan fingerprint density at radius 3 is 2.39 bits per heavy atom. The molecule has 1 aliphatic rings. The van der Waals surface area contributed by atoms with Crippen molar-refractivity contribution < 1.29 is 18.0 Å². The first-order valence-corrected chi connectivity index (χ1v) is 11.4. The van der Waals surface area contributed by atoms with Crippen molar-refractivity contribution in [1.29, 1.82) is 0 Å². The second-order valence-electron chi connectivity index (χ2n) is 7.67. The van der Waals surface area contributed by atoms with Crippen molar-refractivity contribution in [1.82, 2.24) is 20.1 Å². The Bertz CT molecular complexity index is 1080. The van der Waals surface area contributed by atoms with E-state index in [1.54, 1.807) is 0 Å². The standard InChI is InChI=1S/C22H23F3N6OS/c1-2-15-3-6-17(7-4-15)27-20(32)21-29-28-19(33-21)14-30-9-11-31(12-10-30)18-8-5-16(13-26-18)22(23,24)25/h3-8,13H,2,9-12,14H2,1H3,(H,27,32). The van der Waals surface area contributed by atoms with Crippen LogP contribution in [-0.4, -0.2) is 52.2 Å². The lowest BCUT2D eigenvalue weighted by Crippen LogP contribution is -2.46. The van der Waals surface area contributed by atoms with E-state index < -0.39 is 11.7 Å². The average molecular weight is 477 g/mol. The van der Waals surface area contributed by atoms with Crippen molar-refractivity contribution in [3.8, 4) is 0 Å². The Morgan fingerprint density at radius 2 is 1.79 bits per heavy atom. The van der Waals surface area contributed by atoms with E-state index in [1.807, 2.05) is 29.2 Å². The minimum Gasteiger partial charge on any atom is -0.354 e. The van der Waals surface area contributed by atoms with Crippen LogP contribution >= 0.6 is 11.3 Å². The highest BCUT2D eigenvalue weighted by molar-refractivity contribution is 7.13. The van der Waals surface area contributed by atoms with E-state index >= 15 is 0 Å². The molecule has 0 radical (unpaired) electrons. The number of carbonyl (C=O) groups excluding carboxylic acids is 1. The lowest BCUT2D eigenvalue weighted by molar-refractivity contribution is -0.137. The molecule has 1 saturated heterocycles. The molecule has 1 N–H and O–H groups in total. The van der Waals surface area contributed by atoms with Crippen molar-refractivity contribution in [2.45, 2.75) is 26.1 Å². The highest BCUT2D eigenvalue weighted by Gasteiger charge is 2.31. The number of nitrogens with one attached hydrogen (secondary N) is 1. The number of hydrogen-bond acceptors (Lipinski definition) is 7. The third-order valence-electron chi connectivity index (χ3n) is 5.41. The Morgan fingerprint density at radius 1 is 1.06 bits per heavy atom. The average Bonchev–Trinajstić information content (AvgIpc) is 3.28. The minimum atomic E-state index is -4.39. The van der Waals surface area contributed by atoms with Gasteiger partial charge in [-0.15, -0.1) is 10.2 Å². The predicted molar refractivity (Wildman–Crippen MR) is 120 cm³/mol. The smallest absolute Gasteiger partial charge is 0.354 e. The number of hydrogen-bond donors (Lipinski definition) is 1. The fourth-order valence-corrected chi connectivity index (χ4v) is 4.26. The maximum Gasteiger partial charge on any atom is 0.417 e. The number of carbonyl (C=O) groups is 1. The number of aromatic nitrogens is 3. The molecule has 1 aromatic carbocycles. The number of amides is 1. The largest absolute Gasteiger partial charge is 0.417 e. The van der Waals surface area contributed by atoms with Gasteiger partial charge in [-0.05, 0) is 36.2 Å².